The molecule has 2 heterocycles. The number of sulfonamides is 1. The summed E-state index contributed by atoms with van der Waals surface area (Å²) >= 11 is 2.21. The van der Waals surface area contributed by atoms with Gasteiger partial charge in [-0.2, -0.15) is 0 Å². The summed E-state index contributed by atoms with van der Waals surface area (Å²) in [5.74, 6) is 0. The number of nitrogens with two attached hydrogens (primary N) is 1. The zero-order valence-corrected chi connectivity index (χ0v) is 12.3. The molecule has 0 unspecified atom stereocenters. The van der Waals surface area contributed by atoms with Crippen molar-refractivity contribution in [2.75, 3.05) is 6.54 Å². The molecule has 4 N–H and O–H groups in total. The minimum absolute atomic E-state index is 0.0746. The van der Waals surface area contributed by atoms with E-state index < -0.39 is 10.0 Å². The van der Waals surface area contributed by atoms with E-state index >= 15 is 0 Å². The highest BCUT2D eigenvalue weighted by Gasteiger charge is 2.16. The number of thiazole rings is 1. The molecule has 19 heavy (non-hydrogen) atoms. The first kappa shape index (κ1) is 14.4. The smallest absolute Gasteiger partial charge is 0.304 e. The van der Waals surface area contributed by atoms with Crippen molar-refractivity contribution < 1.29 is 8.42 Å². The van der Waals surface area contributed by atoms with E-state index in [1.165, 1.54) is 11.3 Å². The van der Waals surface area contributed by atoms with Crippen LogP contribution in [0, 0.1) is 0 Å². The van der Waals surface area contributed by atoms with E-state index in [1.807, 2.05) is 0 Å². The van der Waals surface area contributed by atoms with Crippen LogP contribution in [0.2, 0.25) is 0 Å². The summed E-state index contributed by atoms with van der Waals surface area (Å²) in [7, 11) is -3.54. The van der Waals surface area contributed by atoms with Crippen LogP contribution in [0.5, 0.6) is 0 Å². The molecule has 0 spiro atoms. The Kier molecular flexibility index (Phi) is 4.53. The van der Waals surface area contributed by atoms with Crippen LogP contribution in [0.3, 0.4) is 0 Å². The lowest BCUT2D eigenvalue weighted by Crippen LogP contribution is -2.22. The Hall–Kier alpha value is -1.00. The number of aromatic amines is 1. The van der Waals surface area contributed by atoms with Gasteiger partial charge in [0.25, 0.3) is 0 Å². The molecule has 2 rings (SSSR count). The average molecular weight is 319 g/mol. The molecule has 0 amide bonds. The highest BCUT2D eigenvalue weighted by molar-refractivity contribution is 7.91. The fourth-order valence-electron chi connectivity index (χ4n) is 1.42. The van der Waals surface area contributed by atoms with E-state index in [1.54, 1.807) is 17.5 Å². The highest BCUT2D eigenvalue weighted by atomic mass is 32.2. The van der Waals surface area contributed by atoms with Gasteiger partial charge in [-0.25, -0.2) is 13.1 Å². The molecule has 2 aromatic heterocycles. The van der Waals surface area contributed by atoms with Crippen molar-refractivity contribution in [3.63, 3.8) is 0 Å². The normalized spacial score (nSPS) is 11.8. The predicted octanol–water partition coefficient (Wildman–Crippen LogP) is 0.478. The number of hydrogen-bond acceptors (Lipinski definition) is 6. The molecule has 9 heteroatoms. The summed E-state index contributed by atoms with van der Waals surface area (Å²) in [5.41, 5.74) is 5.98. The lowest BCUT2D eigenvalue weighted by molar-refractivity contribution is 0.582. The van der Waals surface area contributed by atoms with Crippen LogP contribution < -0.4 is 15.3 Å². The van der Waals surface area contributed by atoms with Crippen LogP contribution in [0.25, 0.3) is 0 Å². The number of aromatic nitrogens is 1. The van der Waals surface area contributed by atoms with Gasteiger partial charge in [0.05, 0.1) is 6.54 Å². The number of nitrogens with one attached hydrogen (secondary N) is 2. The molecule has 0 bridgehead atoms. The molecule has 6 nitrogen and oxygen atoms in total. The number of H-pyrrole nitrogens is 1. The van der Waals surface area contributed by atoms with Crippen LogP contribution >= 0.6 is 22.7 Å². The van der Waals surface area contributed by atoms with Crippen LogP contribution in [-0.4, -0.2) is 19.9 Å². The van der Waals surface area contributed by atoms with Crippen molar-refractivity contribution in [3.05, 3.63) is 37.8 Å². The lowest BCUT2D eigenvalue weighted by atomic mass is 10.3. The van der Waals surface area contributed by atoms with E-state index in [-0.39, 0.29) is 15.6 Å². The quantitative estimate of drug-likeness (QED) is 0.720. The fourth-order valence-corrected chi connectivity index (χ4v) is 4.43. The second-order valence-electron chi connectivity index (χ2n) is 3.76. The molecule has 2 aromatic rings. The molecule has 0 saturated carbocycles. The van der Waals surface area contributed by atoms with Crippen LogP contribution in [0.1, 0.15) is 10.6 Å². The third-order valence-electron chi connectivity index (χ3n) is 2.32. The Morgan fingerprint density at radius 1 is 1.37 bits per heavy atom. The van der Waals surface area contributed by atoms with Gasteiger partial charge in [-0.15, -0.1) is 11.3 Å². The molecule has 0 atom stereocenters. The number of thiophene rings is 1. The van der Waals surface area contributed by atoms with E-state index in [0.29, 0.717) is 18.7 Å². The first-order chi connectivity index (χ1) is 9.01. The largest absolute Gasteiger partial charge is 0.330 e. The van der Waals surface area contributed by atoms with Gasteiger partial charge in [-0.05, 0) is 25.1 Å². The van der Waals surface area contributed by atoms with Crippen LogP contribution in [-0.2, 0) is 23.0 Å². The predicted molar refractivity (Wildman–Crippen MR) is 76.0 cm³/mol. The Morgan fingerprint density at radius 2 is 2.16 bits per heavy atom. The standard InChI is InChI=1S/C10H13N3O3S3/c11-4-3-8-1-2-9(18-8)19(15,16)12-5-7-6-17-10(14)13-7/h1-2,6,12H,3-5,11H2,(H,13,14). The van der Waals surface area contributed by atoms with Gasteiger partial charge < -0.3 is 10.7 Å². The van der Waals surface area contributed by atoms with Gasteiger partial charge in [-0.3, -0.25) is 4.79 Å². The zero-order chi connectivity index (χ0) is 13.9. The zero-order valence-electron chi connectivity index (χ0n) is 9.88. The molecule has 0 fully saturated rings. The van der Waals surface area contributed by atoms with E-state index in [9.17, 15) is 13.2 Å². The van der Waals surface area contributed by atoms with Crippen LogP contribution in [0.15, 0.2) is 26.5 Å². The maximum atomic E-state index is 12.0. The average Bonchev–Trinajstić information content (AvgIpc) is 2.97. The molecular weight excluding hydrogens is 306 g/mol. The molecular formula is C10H13N3O3S3. The lowest BCUT2D eigenvalue weighted by Gasteiger charge is -2.02. The van der Waals surface area contributed by atoms with Crippen molar-refractivity contribution in [2.24, 2.45) is 5.73 Å². The summed E-state index contributed by atoms with van der Waals surface area (Å²) in [6, 6.07) is 3.33. The minimum atomic E-state index is -3.54. The Balaban J connectivity index is 2.06. The Labute approximate surface area is 118 Å². The SMILES string of the molecule is NCCc1ccc(S(=O)(=O)NCc2csc(=O)[nH]2)s1. The molecule has 0 radical (unpaired) electrons. The minimum Gasteiger partial charge on any atom is -0.330 e. The summed E-state index contributed by atoms with van der Waals surface area (Å²) in [5, 5.41) is 1.60. The van der Waals surface area contributed by atoms with Gasteiger partial charge in [-0.1, -0.05) is 11.3 Å². The number of rotatable bonds is 6. The molecule has 104 valence electrons. The van der Waals surface area contributed by atoms with Gasteiger partial charge in [0.15, 0.2) is 0 Å². The molecule has 0 aliphatic carbocycles. The maximum absolute atomic E-state index is 12.0. The first-order valence-corrected chi connectivity index (χ1v) is 8.64. The third kappa shape index (κ3) is 3.74. The van der Waals surface area contributed by atoms with E-state index in [2.05, 4.69) is 9.71 Å². The second-order valence-corrected chi connectivity index (χ2v) is 7.76. The van der Waals surface area contributed by atoms with Gasteiger partial charge in [0.2, 0.25) is 10.0 Å². The van der Waals surface area contributed by atoms with Crippen molar-refractivity contribution in [2.45, 2.75) is 17.2 Å². The monoisotopic (exact) mass is 319 g/mol. The van der Waals surface area contributed by atoms with Crippen molar-refractivity contribution in [3.8, 4) is 0 Å². The van der Waals surface area contributed by atoms with Gasteiger partial charge in [0, 0.05) is 16.0 Å². The Morgan fingerprint density at radius 3 is 2.79 bits per heavy atom. The molecule has 0 saturated heterocycles. The van der Waals surface area contributed by atoms with Gasteiger partial charge in [0.1, 0.15) is 4.21 Å². The van der Waals surface area contributed by atoms with Gasteiger partial charge >= 0.3 is 4.87 Å². The number of hydrogen-bond donors (Lipinski definition) is 3. The van der Waals surface area contributed by atoms with E-state index in [4.69, 9.17) is 5.73 Å². The molecule has 0 aliphatic heterocycles. The van der Waals surface area contributed by atoms with Crippen LogP contribution in [0.4, 0.5) is 0 Å². The first-order valence-electron chi connectivity index (χ1n) is 5.46. The van der Waals surface area contributed by atoms with Crippen molar-refractivity contribution in [1.82, 2.24) is 9.71 Å². The fraction of sp³-hybridized carbons (Fsp3) is 0.300. The Bertz CT molecular complexity index is 699. The highest BCUT2D eigenvalue weighted by Crippen LogP contribution is 2.21. The third-order valence-corrected chi connectivity index (χ3v) is 6.07. The topological polar surface area (TPSA) is 105 Å². The molecule has 0 aliphatic rings. The van der Waals surface area contributed by atoms with E-state index in [0.717, 1.165) is 16.2 Å². The second kappa shape index (κ2) is 5.97. The summed E-state index contributed by atoms with van der Waals surface area (Å²) in [4.78, 5) is 14.2. The molecule has 0 aromatic carbocycles. The van der Waals surface area contributed by atoms with Crippen molar-refractivity contribution in [1.29, 1.82) is 0 Å². The summed E-state index contributed by atoms with van der Waals surface area (Å²) < 4.78 is 26.7. The summed E-state index contributed by atoms with van der Waals surface area (Å²) in [6.45, 7) is 0.564. The van der Waals surface area contributed by atoms with Crippen molar-refractivity contribution >= 4 is 32.7 Å². The maximum Gasteiger partial charge on any atom is 0.304 e. The summed E-state index contributed by atoms with van der Waals surface area (Å²) in [6.07, 6.45) is 0.665.